The van der Waals surface area contributed by atoms with E-state index in [0.717, 1.165) is 6.42 Å². The molecule has 0 aliphatic carbocycles. The third-order valence-electron chi connectivity index (χ3n) is 2.85. The van der Waals surface area contributed by atoms with Crippen LogP contribution in [0.1, 0.15) is 53.4 Å². The molecule has 1 unspecified atom stereocenters. The minimum absolute atomic E-state index is 0.124. The van der Waals surface area contributed by atoms with Gasteiger partial charge < -0.3 is 5.11 Å². The smallest absolute Gasteiger partial charge is 0.150 e. The fourth-order valence-electron chi connectivity index (χ4n) is 1.50. The molecule has 1 atom stereocenters. The molecule has 0 aromatic carbocycles. The van der Waals surface area contributed by atoms with Crippen LogP contribution in [0.4, 0.5) is 0 Å². The zero-order valence-corrected chi connectivity index (χ0v) is 12.5. The van der Waals surface area contributed by atoms with E-state index in [4.69, 9.17) is 0 Å². The van der Waals surface area contributed by atoms with Crippen LogP contribution >= 0.6 is 0 Å². The van der Waals surface area contributed by atoms with Crippen LogP contribution in [-0.4, -0.2) is 31.1 Å². The maximum absolute atomic E-state index is 11.7. The van der Waals surface area contributed by atoms with Gasteiger partial charge in [0.2, 0.25) is 0 Å². The van der Waals surface area contributed by atoms with Gasteiger partial charge in [0.05, 0.1) is 17.6 Å². The van der Waals surface area contributed by atoms with Gasteiger partial charge in [-0.2, -0.15) is 0 Å². The summed E-state index contributed by atoms with van der Waals surface area (Å²) < 4.78 is 23.3. The van der Waals surface area contributed by atoms with Gasteiger partial charge in [0, 0.05) is 0 Å². The standard InChI is InChI=1S/C13H28O3S/c1-11(2)5-6-13(14)8-10-17(15,16)9-7-12(3)4/h11-14H,5-10H2,1-4H3. The van der Waals surface area contributed by atoms with Crippen molar-refractivity contribution < 1.29 is 13.5 Å². The van der Waals surface area contributed by atoms with Crippen LogP contribution in [0.5, 0.6) is 0 Å². The molecule has 0 aliphatic heterocycles. The van der Waals surface area contributed by atoms with Crippen molar-refractivity contribution in [3.63, 3.8) is 0 Å². The van der Waals surface area contributed by atoms with Gasteiger partial charge in [0.15, 0.2) is 0 Å². The van der Waals surface area contributed by atoms with Gasteiger partial charge in [0.1, 0.15) is 9.84 Å². The topological polar surface area (TPSA) is 54.4 Å². The molecule has 17 heavy (non-hydrogen) atoms. The van der Waals surface area contributed by atoms with Crippen molar-refractivity contribution in [3.05, 3.63) is 0 Å². The van der Waals surface area contributed by atoms with E-state index >= 15 is 0 Å². The zero-order chi connectivity index (χ0) is 13.5. The highest BCUT2D eigenvalue weighted by Crippen LogP contribution is 2.11. The predicted molar refractivity (Wildman–Crippen MR) is 72.8 cm³/mol. The lowest BCUT2D eigenvalue weighted by molar-refractivity contribution is 0.153. The Balaban J connectivity index is 3.84. The lowest BCUT2D eigenvalue weighted by Gasteiger charge is -2.12. The maximum atomic E-state index is 11.7. The van der Waals surface area contributed by atoms with Crippen molar-refractivity contribution >= 4 is 9.84 Å². The molecular formula is C13H28O3S. The van der Waals surface area contributed by atoms with Gasteiger partial charge in [-0.25, -0.2) is 8.42 Å². The number of rotatable bonds is 9. The summed E-state index contributed by atoms with van der Waals surface area (Å²) in [7, 11) is -2.97. The zero-order valence-electron chi connectivity index (χ0n) is 11.6. The van der Waals surface area contributed by atoms with Gasteiger partial charge in [-0.05, 0) is 37.5 Å². The Hall–Kier alpha value is -0.0900. The molecule has 0 radical (unpaired) electrons. The molecule has 0 aromatic rings. The van der Waals surface area contributed by atoms with Crippen LogP contribution in [0, 0.1) is 11.8 Å². The molecule has 0 rings (SSSR count). The van der Waals surface area contributed by atoms with Crippen LogP contribution in [0.3, 0.4) is 0 Å². The van der Waals surface area contributed by atoms with E-state index in [1.54, 1.807) is 0 Å². The lowest BCUT2D eigenvalue weighted by Crippen LogP contribution is -2.18. The summed E-state index contributed by atoms with van der Waals surface area (Å²) in [6.07, 6.45) is 2.29. The Kier molecular flexibility index (Phi) is 8.05. The van der Waals surface area contributed by atoms with Crippen molar-refractivity contribution in [1.82, 2.24) is 0 Å². The number of hydrogen-bond acceptors (Lipinski definition) is 3. The molecule has 0 heterocycles. The molecule has 0 aromatic heterocycles. The SMILES string of the molecule is CC(C)CCC(O)CCS(=O)(=O)CCC(C)C. The monoisotopic (exact) mass is 264 g/mol. The van der Waals surface area contributed by atoms with Crippen LogP contribution < -0.4 is 0 Å². The Morgan fingerprint density at radius 2 is 1.29 bits per heavy atom. The molecule has 0 bridgehead atoms. The number of aliphatic hydroxyl groups excluding tert-OH is 1. The Bertz CT molecular complexity index is 281. The predicted octanol–water partition coefficient (Wildman–Crippen LogP) is 2.63. The highest BCUT2D eigenvalue weighted by Gasteiger charge is 2.14. The molecule has 0 fully saturated rings. The third kappa shape index (κ3) is 10.8. The van der Waals surface area contributed by atoms with Gasteiger partial charge in [-0.15, -0.1) is 0 Å². The molecule has 0 saturated carbocycles. The van der Waals surface area contributed by atoms with Crippen molar-refractivity contribution in [1.29, 1.82) is 0 Å². The highest BCUT2D eigenvalue weighted by molar-refractivity contribution is 7.91. The van der Waals surface area contributed by atoms with Crippen molar-refractivity contribution in [2.75, 3.05) is 11.5 Å². The van der Waals surface area contributed by atoms with E-state index < -0.39 is 15.9 Å². The second-order valence-corrected chi connectivity index (χ2v) is 8.05. The summed E-state index contributed by atoms with van der Waals surface area (Å²) in [6, 6.07) is 0. The summed E-state index contributed by atoms with van der Waals surface area (Å²) in [6.45, 7) is 8.25. The van der Waals surface area contributed by atoms with Gasteiger partial charge >= 0.3 is 0 Å². The van der Waals surface area contributed by atoms with E-state index in [1.165, 1.54) is 0 Å². The Morgan fingerprint density at radius 3 is 1.76 bits per heavy atom. The van der Waals surface area contributed by atoms with Crippen LogP contribution in [0.2, 0.25) is 0 Å². The molecule has 0 aliphatic rings. The normalized spacial score (nSPS) is 14.5. The first kappa shape index (κ1) is 16.9. The van der Waals surface area contributed by atoms with E-state index in [2.05, 4.69) is 13.8 Å². The molecule has 4 heteroatoms. The van der Waals surface area contributed by atoms with E-state index in [-0.39, 0.29) is 11.5 Å². The second-order valence-electron chi connectivity index (χ2n) is 5.75. The maximum Gasteiger partial charge on any atom is 0.150 e. The van der Waals surface area contributed by atoms with Crippen LogP contribution in [0.25, 0.3) is 0 Å². The number of hydrogen-bond donors (Lipinski definition) is 1. The number of sulfone groups is 1. The van der Waals surface area contributed by atoms with Crippen molar-refractivity contribution in [2.24, 2.45) is 11.8 Å². The van der Waals surface area contributed by atoms with E-state index in [0.29, 0.717) is 31.1 Å². The van der Waals surface area contributed by atoms with Crippen LogP contribution in [0.15, 0.2) is 0 Å². The number of aliphatic hydroxyl groups is 1. The van der Waals surface area contributed by atoms with Crippen molar-refractivity contribution in [3.8, 4) is 0 Å². The fourth-order valence-corrected chi connectivity index (χ4v) is 3.17. The fraction of sp³-hybridized carbons (Fsp3) is 1.00. The molecule has 3 nitrogen and oxygen atoms in total. The molecular weight excluding hydrogens is 236 g/mol. The minimum Gasteiger partial charge on any atom is -0.393 e. The quantitative estimate of drug-likeness (QED) is 0.696. The molecule has 1 N–H and O–H groups in total. The van der Waals surface area contributed by atoms with Crippen molar-refractivity contribution in [2.45, 2.75) is 59.5 Å². The first-order chi connectivity index (χ1) is 7.73. The van der Waals surface area contributed by atoms with Gasteiger partial charge in [-0.3, -0.25) is 0 Å². The summed E-state index contributed by atoms with van der Waals surface area (Å²) >= 11 is 0. The Morgan fingerprint density at radius 1 is 0.824 bits per heavy atom. The lowest BCUT2D eigenvalue weighted by atomic mass is 10.0. The van der Waals surface area contributed by atoms with E-state index in [9.17, 15) is 13.5 Å². The third-order valence-corrected chi connectivity index (χ3v) is 4.56. The first-order valence-corrected chi connectivity index (χ1v) is 8.43. The van der Waals surface area contributed by atoms with Gasteiger partial charge in [0.25, 0.3) is 0 Å². The molecule has 0 spiro atoms. The largest absolute Gasteiger partial charge is 0.393 e. The van der Waals surface area contributed by atoms with E-state index in [1.807, 2.05) is 13.8 Å². The first-order valence-electron chi connectivity index (χ1n) is 6.61. The summed E-state index contributed by atoms with van der Waals surface area (Å²) in [5, 5.41) is 9.67. The molecule has 0 saturated heterocycles. The van der Waals surface area contributed by atoms with Gasteiger partial charge in [-0.1, -0.05) is 27.7 Å². The molecule has 104 valence electrons. The second kappa shape index (κ2) is 8.09. The van der Waals surface area contributed by atoms with Crippen LogP contribution in [-0.2, 0) is 9.84 Å². The minimum atomic E-state index is -2.97. The highest BCUT2D eigenvalue weighted by atomic mass is 32.2. The average molecular weight is 264 g/mol. The Labute approximate surface area is 107 Å². The summed E-state index contributed by atoms with van der Waals surface area (Å²) in [4.78, 5) is 0. The summed E-state index contributed by atoms with van der Waals surface area (Å²) in [5.74, 6) is 1.35. The molecule has 0 amide bonds. The summed E-state index contributed by atoms with van der Waals surface area (Å²) in [5.41, 5.74) is 0. The average Bonchev–Trinajstić information content (AvgIpc) is 2.21.